The van der Waals surface area contributed by atoms with Crippen molar-refractivity contribution in [2.75, 3.05) is 0 Å². The van der Waals surface area contributed by atoms with Crippen molar-refractivity contribution in [2.45, 2.75) is 54.3 Å². The molecule has 0 N–H and O–H groups in total. The molecule has 0 radical (unpaired) electrons. The van der Waals surface area contributed by atoms with Crippen LogP contribution in [0.5, 0.6) is 0 Å². The van der Waals surface area contributed by atoms with Crippen LogP contribution < -0.4 is 0 Å². The zero-order chi connectivity index (χ0) is 25.0. The molecule has 10 heteroatoms. The highest BCUT2D eigenvalue weighted by Crippen LogP contribution is 2.42. The Bertz CT molecular complexity index is 1740. The van der Waals surface area contributed by atoms with Crippen molar-refractivity contribution in [1.29, 1.82) is 0 Å². The Morgan fingerprint density at radius 3 is 2.14 bits per heavy atom. The van der Waals surface area contributed by atoms with E-state index in [9.17, 15) is 0 Å². The lowest BCUT2D eigenvalue weighted by molar-refractivity contribution is -0.0379. The van der Waals surface area contributed by atoms with Crippen LogP contribution in [-0.2, 0) is 29.3 Å². The summed E-state index contributed by atoms with van der Waals surface area (Å²) >= 11 is 5.14. The number of aromatic nitrogens is 6. The number of thiophene rings is 1. The summed E-state index contributed by atoms with van der Waals surface area (Å²) in [5.74, 6) is 2.37. The Labute approximate surface area is 226 Å². The number of fused-ring (bicyclic) bond motifs is 8. The number of hydrogen-bond acceptors (Lipinski definition) is 8. The third-order valence-corrected chi connectivity index (χ3v) is 9.76. The molecule has 0 bridgehead atoms. The lowest BCUT2D eigenvalue weighted by Gasteiger charge is -2.30. The van der Waals surface area contributed by atoms with Gasteiger partial charge in [0.25, 0.3) is 0 Å². The highest BCUT2D eigenvalue weighted by Gasteiger charge is 2.32. The van der Waals surface area contributed by atoms with Gasteiger partial charge in [0.2, 0.25) is 5.78 Å². The molecule has 186 valence electrons. The second-order valence-corrected chi connectivity index (χ2v) is 12.7. The highest BCUT2D eigenvalue weighted by atomic mass is 32.2. The monoisotopic (exact) mass is 544 g/mol. The predicted molar refractivity (Wildman–Crippen MR) is 149 cm³/mol. The Kier molecular flexibility index (Phi) is 5.73. The molecule has 0 spiro atoms. The Hall–Kier alpha value is -2.92. The van der Waals surface area contributed by atoms with Crippen LogP contribution in [-0.4, -0.2) is 34.8 Å². The molecule has 0 saturated heterocycles. The second kappa shape index (κ2) is 9.13. The van der Waals surface area contributed by atoms with E-state index < -0.39 is 0 Å². The Balaban J connectivity index is 1.41. The lowest BCUT2D eigenvalue weighted by atomic mass is 9.94. The molecular weight excluding hydrogens is 521 g/mol. The van der Waals surface area contributed by atoms with E-state index in [4.69, 9.17) is 9.84 Å². The van der Waals surface area contributed by atoms with Crippen molar-refractivity contribution in [1.82, 2.24) is 29.2 Å². The minimum absolute atomic E-state index is 0.226. The Morgan fingerprint density at radius 2 is 1.46 bits per heavy atom. The molecule has 7 nitrogen and oxygen atoms in total. The third kappa shape index (κ3) is 4.12. The van der Waals surface area contributed by atoms with Crippen LogP contribution in [0.25, 0.3) is 21.6 Å². The molecule has 0 aliphatic carbocycles. The van der Waals surface area contributed by atoms with E-state index in [2.05, 4.69) is 86.5 Å². The Morgan fingerprint density at radius 1 is 0.838 bits per heavy atom. The summed E-state index contributed by atoms with van der Waals surface area (Å²) in [6, 6.07) is 20.9. The fourth-order valence-corrected chi connectivity index (χ4v) is 7.81. The summed E-state index contributed by atoms with van der Waals surface area (Å²) in [7, 11) is 0. The van der Waals surface area contributed by atoms with Crippen molar-refractivity contribution in [3.8, 4) is 0 Å². The third-order valence-electron chi connectivity index (χ3n) is 6.57. The lowest BCUT2D eigenvalue weighted by Crippen LogP contribution is -2.31. The standard InChI is InChI=1S/C27H24N6OS3/c1-27(2)13-19-20(14-34-27)37-23-21(19)22-28-30-25(35-15-17-9-5-3-6-10-17)32(22)24-29-31-26(33(23)24)36-16-18-11-7-4-8-12-18/h3-12H,13-16H2,1-2H3. The van der Waals surface area contributed by atoms with Gasteiger partial charge in [0.1, 0.15) is 4.83 Å². The minimum atomic E-state index is -0.226. The maximum atomic E-state index is 6.17. The van der Waals surface area contributed by atoms with E-state index in [1.165, 1.54) is 21.6 Å². The normalized spacial score (nSPS) is 15.1. The molecular formula is C27H24N6OS3. The number of nitrogens with zero attached hydrogens (tertiary/aromatic N) is 6. The summed E-state index contributed by atoms with van der Waals surface area (Å²) in [4.78, 5) is 2.36. The topological polar surface area (TPSA) is 69.6 Å². The maximum absolute atomic E-state index is 6.17. The van der Waals surface area contributed by atoms with Gasteiger partial charge >= 0.3 is 0 Å². The largest absolute Gasteiger partial charge is 0.370 e. The van der Waals surface area contributed by atoms with E-state index in [0.717, 1.165) is 49.9 Å². The van der Waals surface area contributed by atoms with Crippen LogP contribution in [0, 0.1) is 0 Å². The molecule has 5 heterocycles. The molecule has 1 aliphatic rings. The summed E-state index contributed by atoms with van der Waals surface area (Å²) in [5, 5.41) is 21.5. The molecule has 2 aromatic carbocycles. The van der Waals surface area contributed by atoms with Gasteiger partial charge in [-0.2, -0.15) is 0 Å². The van der Waals surface area contributed by atoms with Crippen LogP contribution in [0.2, 0.25) is 0 Å². The van der Waals surface area contributed by atoms with Crippen molar-refractivity contribution in [3.05, 3.63) is 82.2 Å². The van der Waals surface area contributed by atoms with E-state index >= 15 is 0 Å². The number of thioether (sulfide) groups is 2. The first-order chi connectivity index (χ1) is 18.1. The molecule has 7 rings (SSSR count). The van der Waals surface area contributed by atoms with Crippen molar-refractivity contribution < 1.29 is 4.74 Å². The molecule has 1 aliphatic heterocycles. The summed E-state index contributed by atoms with van der Waals surface area (Å²) in [6.45, 7) is 4.91. The van der Waals surface area contributed by atoms with E-state index in [1.54, 1.807) is 34.9 Å². The highest BCUT2D eigenvalue weighted by molar-refractivity contribution is 7.98. The molecule has 0 fully saturated rings. The number of hydrogen-bond donors (Lipinski definition) is 0. The van der Waals surface area contributed by atoms with Gasteiger partial charge in [-0.15, -0.1) is 31.7 Å². The molecule has 0 unspecified atom stereocenters. The van der Waals surface area contributed by atoms with Crippen LogP contribution in [0.15, 0.2) is 71.0 Å². The summed E-state index contributed by atoms with van der Waals surface area (Å²) in [5.41, 5.74) is 4.43. The quantitative estimate of drug-likeness (QED) is 0.224. The van der Waals surface area contributed by atoms with Gasteiger partial charge in [0.15, 0.2) is 16.0 Å². The first-order valence-corrected chi connectivity index (χ1v) is 14.9. The van der Waals surface area contributed by atoms with Crippen LogP contribution in [0.3, 0.4) is 0 Å². The molecule has 0 saturated carbocycles. The molecule has 0 atom stereocenters. The van der Waals surface area contributed by atoms with E-state index in [-0.39, 0.29) is 5.60 Å². The maximum Gasteiger partial charge on any atom is 0.245 e. The average Bonchev–Trinajstić information content (AvgIpc) is 3.61. The smallest absolute Gasteiger partial charge is 0.245 e. The first kappa shape index (κ1) is 23.2. The van der Waals surface area contributed by atoms with Gasteiger partial charge in [-0.3, -0.25) is 0 Å². The number of ether oxygens (including phenoxy) is 1. The fourth-order valence-electron chi connectivity index (χ4n) is 4.76. The van der Waals surface area contributed by atoms with Gasteiger partial charge in [-0.05, 0) is 30.5 Å². The SMILES string of the molecule is CC1(C)Cc2c(sc3c2c2nnc(SCc4ccccc4)n2c2nnc(SCc4ccccc4)n32)CO1. The van der Waals surface area contributed by atoms with Gasteiger partial charge in [0, 0.05) is 22.8 Å². The molecule has 0 amide bonds. The predicted octanol–water partition coefficient (Wildman–Crippen LogP) is 6.42. The van der Waals surface area contributed by atoms with Crippen LogP contribution in [0.1, 0.15) is 35.4 Å². The van der Waals surface area contributed by atoms with Gasteiger partial charge in [-0.25, -0.2) is 8.80 Å². The summed E-state index contributed by atoms with van der Waals surface area (Å²) < 4.78 is 10.5. The van der Waals surface area contributed by atoms with Crippen molar-refractivity contribution in [3.63, 3.8) is 0 Å². The zero-order valence-electron chi connectivity index (χ0n) is 20.4. The van der Waals surface area contributed by atoms with Gasteiger partial charge in [0.05, 0.1) is 17.6 Å². The summed E-state index contributed by atoms with van der Waals surface area (Å²) in [6.07, 6.45) is 0.831. The molecule has 6 aromatic rings. The molecule has 37 heavy (non-hydrogen) atoms. The van der Waals surface area contributed by atoms with Crippen LogP contribution >= 0.6 is 34.9 Å². The van der Waals surface area contributed by atoms with Crippen molar-refractivity contribution in [2.24, 2.45) is 0 Å². The van der Waals surface area contributed by atoms with Crippen molar-refractivity contribution >= 4 is 56.5 Å². The minimum Gasteiger partial charge on any atom is -0.370 e. The van der Waals surface area contributed by atoms with Crippen LogP contribution in [0.4, 0.5) is 0 Å². The molecule has 4 aromatic heterocycles. The number of benzene rings is 2. The van der Waals surface area contributed by atoms with Gasteiger partial charge in [-0.1, -0.05) is 84.2 Å². The van der Waals surface area contributed by atoms with E-state index in [1.807, 2.05) is 12.1 Å². The average molecular weight is 545 g/mol. The van der Waals surface area contributed by atoms with Gasteiger partial charge < -0.3 is 4.74 Å². The zero-order valence-corrected chi connectivity index (χ0v) is 22.9. The number of rotatable bonds is 6. The van der Waals surface area contributed by atoms with E-state index in [0.29, 0.717) is 6.61 Å². The fraction of sp³-hybridized carbons (Fsp3) is 0.259. The second-order valence-electron chi connectivity index (χ2n) is 9.72. The first-order valence-electron chi connectivity index (χ1n) is 12.1.